The molecule has 0 atom stereocenters. The predicted octanol–water partition coefficient (Wildman–Crippen LogP) is 1.73. The molecule has 0 aliphatic heterocycles. The lowest BCUT2D eigenvalue weighted by molar-refractivity contribution is 0.706. The van der Waals surface area contributed by atoms with E-state index in [1.54, 1.807) is 6.33 Å². The van der Waals surface area contributed by atoms with Gasteiger partial charge in [-0.1, -0.05) is 6.07 Å². The quantitative estimate of drug-likeness (QED) is 0.717. The molecule has 92 valence electrons. The first-order valence-electron chi connectivity index (χ1n) is 5.86. The lowest BCUT2D eigenvalue weighted by Crippen LogP contribution is -2.05. The number of aryl methyl sites for hydroxylation is 2. The Morgan fingerprint density at radius 1 is 1.39 bits per heavy atom. The Kier molecular flexibility index (Phi) is 2.41. The minimum absolute atomic E-state index is 0.480. The van der Waals surface area contributed by atoms with Crippen LogP contribution in [-0.4, -0.2) is 19.7 Å². The summed E-state index contributed by atoms with van der Waals surface area (Å²) in [6, 6.07) is 6.16. The highest BCUT2D eigenvalue weighted by Gasteiger charge is 2.14. The van der Waals surface area contributed by atoms with E-state index in [-0.39, 0.29) is 0 Å². The smallest absolute Gasteiger partial charge is 0.0931 e. The average molecular weight is 241 g/mol. The van der Waals surface area contributed by atoms with Crippen molar-refractivity contribution >= 4 is 11.0 Å². The van der Waals surface area contributed by atoms with Gasteiger partial charge in [-0.15, -0.1) is 0 Å². The van der Waals surface area contributed by atoms with Crippen molar-refractivity contribution in [2.75, 3.05) is 0 Å². The number of rotatable bonds is 2. The van der Waals surface area contributed by atoms with E-state index >= 15 is 0 Å². The molecule has 3 aromatic rings. The van der Waals surface area contributed by atoms with E-state index in [0.29, 0.717) is 6.54 Å². The normalized spacial score (nSPS) is 11.3. The Balaban J connectivity index is 2.24. The Labute approximate surface area is 105 Å². The van der Waals surface area contributed by atoms with Gasteiger partial charge < -0.3 is 10.7 Å². The Bertz CT molecular complexity index is 707. The van der Waals surface area contributed by atoms with Gasteiger partial charge in [0.1, 0.15) is 0 Å². The molecule has 0 amide bonds. The van der Waals surface area contributed by atoms with E-state index in [1.807, 2.05) is 24.7 Å². The standard InChI is InChI=1S/C13H15N5/c1-8-13(12(6-14)18(2)17-8)9-3-4-10-11(5-9)16-7-15-10/h3-5,7H,6,14H2,1-2H3,(H,15,16). The highest BCUT2D eigenvalue weighted by Crippen LogP contribution is 2.28. The molecule has 0 spiro atoms. The Hall–Kier alpha value is -2.14. The van der Waals surface area contributed by atoms with Gasteiger partial charge in [0, 0.05) is 19.2 Å². The third kappa shape index (κ3) is 1.52. The Morgan fingerprint density at radius 2 is 2.22 bits per heavy atom. The topological polar surface area (TPSA) is 72.5 Å². The highest BCUT2D eigenvalue weighted by atomic mass is 15.3. The van der Waals surface area contributed by atoms with Crippen molar-refractivity contribution in [2.24, 2.45) is 12.8 Å². The average Bonchev–Trinajstić information content (AvgIpc) is 2.91. The van der Waals surface area contributed by atoms with Crippen LogP contribution in [0.5, 0.6) is 0 Å². The van der Waals surface area contributed by atoms with E-state index in [4.69, 9.17) is 5.73 Å². The molecule has 0 bridgehead atoms. The van der Waals surface area contributed by atoms with Crippen LogP contribution in [0.3, 0.4) is 0 Å². The fourth-order valence-corrected chi connectivity index (χ4v) is 2.41. The van der Waals surface area contributed by atoms with Gasteiger partial charge in [0.25, 0.3) is 0 Å². The summed E-state index contributed by atoms with van der Waals surface area (Å²) >= 11 is 0. The van der Waals surface area contributed by atoms with Crippen molar-refractivity contribution in [1.82, 2.24) is 19.7 Å². The summed E-state index contributed by atoms with van der Waals surface area (Å²) in [5.41, 5.74) is 12.1. The number of benzene rings is 1. The zero-order chi connectivity index (χ0) is 12.7. The summed E-state index contributed by atoms with van der Waals surface area (Å²) in [4.78, 5) is 7.35. The predicted molar refractivity (Wildman–Crippen MR) is 70.9 cm³/mol. The molecule has 2 aromatic heterocycles. The summed E-state index contributed by atoms with van der Waals surface area (Å²) in [6.07, 6.45) is 1.70. The van der Waals surface area contributed by atoms with E-state index in [2.05, 4.69) is 27.2 Å². The molecule has 0 fully saturated rings. The lowest BCUT2D eigenvalue weighted by atomic mass is 10.0. The molecule has 3 N–H and O–H groups in total. The van der Waals surface area contributed by atoms with Crippen molar-refractivity contribution in [2.45, 2.75) is 13.5 Å². The lowest BCUT2D eigenvalue weighted by Gasteiger charge is -2.04. The van der Waals surface area contributed by atoms with Gasteiger partial charge in [0.15, 0.2) is 0 Å². The maximum absolute atomic E-state index is 5.81. The zero-order valence-corrected chi connectivity index (χ0v) is 10.4. The van der Waals surface area contributed by atoms with E-state index in [1.165, 1.54) is 0 Å². The third-order valence-electron chi connectivity index (χ3n) is 3.24. The number of H-pyrrole nitrogens is 1. The number of aromatic nitrogens is 4. The van der Waals surface area contributed by atoms with Crippen LogP contribution < -0.4 is 5.73 Å². The molecule has 2 heterocycles. The molecule has 0 radical (unpaired) electrons. The first-order chi connectivity index (χ1) is 8.70. The fourth-order valence-electron chi connectivity index (χ4n) is 2.41. The minimum Gasteiger partial charge on any atom is -0.345 e. The molecular weight excluding hydrogens is 226 g/mol. The number of nitrogens with one attached hydrogen (secondary N) is 1. The molecular formula is C13H15N5. The van der Waals surface area contributed by atoms with Crippen molar-refractivity contribution < 1.29 is 0 Å². The maximum Gasteiger partial charge on any atom is 0.0931 e. The summed E-state index contributed by atoms with van der Waals surface area (Å²) in [5.74, 6) is 0. The number of aromatic amines is 1. The van der Waals surface area contributed by atoms with Crippen LogP contribution in [0, 0.1) is 6.92 Å². The van der Waals surface area contributed by atoms with Gasteiger partial charge in [-0.05, 0) is 24.6 Å². The van der Waals surface area contributed by atoms with Crippen LogP contribution in [0.15, 0.2) is 24.5 Å². The number of hydrogen-bond acceptors (Lipinski definition) is 3. The molecule has 3 rings (SSSR count). The number of nitrogens with two attached hydrogens (primary N) is 1. The molecule has 1 aromatic carbocycles. The van der Waals surface area contributed by atoms with Gasteiger partial charge in [0.05, 0.1) is 28.7 Å². The molecule has 0 saturated carbocycles. The third-order valence-corrected chi connectivity index (χ3v) is 3.24. The minimum atomic E-state index is 0.480. The van der Waals surface area contributed by atoms with E-state index in [9.17, 15) is 0 Å². The van der Waals surface area contributed by atoms with E-state index in [0.717, 1.165) is 33.5 Å². The monoisotopic (exact) mass is 241 g/mol. The first-order valence-corrected chi connectivity index (χ1v) is 5.86. The molecule has 0 unspecified atom stereocenters. The SMILES string of the molecule is Cc1nn(C)c(CN)c1-c1ccc2nc[nH]c2c1. The fraction of sp³-hybridized carbons (Fsp3) is 0.231. The van der Waals surface area contributed by atoms with E-state index < -0.39 is 0 Å². The van der Waals surface area contributed by atoms with Gasteiger partial charge in [-0.3, -0.25) is 4.68 Å². The van der Waals surface area contributed by atoms with Crippen molar-refractivity contribution in [1.29, 1.82) is 0 Å². The maximum atomic E-state index is 5.81. The van der Waals surface area contributed by atoms with Crippen LogP contribution >= 0.6 is 0 Å². The second-order valence-corrected chi connectivity index (χ2v) is 4.37. The second kappa shape index (κ2) is 3.96. The molecule has 0 saturated heterocycles. The molecule has 0 aliphatic carbocycles. The zero-order valence-electron chi connectivity index (χ0n) is 10.4. The van der Waals surface area contributed by atoms with Gasteiger partial charge in [0.2, 0.25) is 0 Å². The number of fused-ring (bicyclic) bond motifs is 1. The second-order valence-electron chi connectivity index (χ2n) is 4.37. The number of nitrogens with zero attached hydrogens (tertiary/aromatic N) is 3. The van der Waals surface area contributed by atoms with Crippen molar-refractivity contribution in [3.8, 4) is 11.1 Å². The van der Waals surface area contributed by atoms with Crippen LogP contribution in [0.25, 0.3) is 22.2 Å². The van der Waals surface area contributed by atoms with Crippen LogP contribution in [0.4, 0.5) is 0 Å². The van der Waals surface area contributed by atoms with Crippen molar-refractivity contribution in [3.63, 3.8) is 0 Å². The van der Waals surface area contributed by atoms with Crippen molar-refractivity contribution in [3.05, 3.63) is 35.9 Å². The summed E-state index contributed by atoms with van der Waals surface area (Å²) < 4.78 is 1.85. The highest BCUT2D eigenvalue weighted by molar-refractivity contribution is 5.82. The summed E-state index contributed by atoms with van der Waals surface area (Å²) in [6.45, 7) is 2.49. The van der Waals surface area contributed by atoms with Gasteiger partial charge >= 0.3 is 0 Å². The summed E-state index contributed by atoms with van der Waals surface area (Å²) in [7, 11) is 1.92. The van der Waals surface area contributed by atoms with Gasteiger partial charge in [-0.2, -0.15) is 5.10 Å². The number of hydrogen-bond donors (Lipinski definition) is 2. The first kappa shape index (κ1) is 11.0. The summed E-state index contributed by atoms with van der Waals surface area (Å²) in [5, 5.41) is 4.44. The largest absolute Gasteiger partial charge is 0.345 e. The Morgan fingerprint density at radius 3 is 3.00 bits per heavy atom. The molecule has 18 heavy (non-hydrogen) atoms. The van der Waals surface area contributed by atoms with Gasteiger partial charge in [-0.25, -0.2) is 4.98 Å². The van der Waals surface area contributed by atoms with Crippen LogP contribution in [0.2, 0.25) is 0 Å². The molecule has 5 nitrogen and oxygen atoms in total. The molecule has 0 aliphatic rings. The van der Waals surface area contributed by atoms with Crippen LogP contribution in [0.1, 0.15) is 11.4 Å². The number of imidazole rings is 1. The molecule has 5 heteroatoms. The van der Waals surface area contributed by atoms with Crippen LogP contribution in [-0.2, 0) is 13.6 Å².